The van der Waals surface area contributed by atoms with Crippen molar-refractivity contribution in [2.24, 2.45) is 0 Å². The first-order valence-corrected chi connectivity index (χ1v) is 7.40. The van der Waals surface area contributed by atoms with Crippen molar-refractivity contribution in [3.8, 4) is 11.5 Å². The Kier molecular flexibility index (Phi) is 7.54. The summed E-state index contributed by atoms with van der Waals surface area (Å²) in [6.45, 7) is 3.37. The van der Waals surface area contributed by atoms with Gasteiger partial charge in [0.15, 0.2) is 18.1 Å². The molecule has 0 fully saturated rings. The second kappa shape index (κ2) is 9.39. The second-order valence-electron chi connectivity index (χ2n) is 4.98. The van der Waals surface area contributed by atoms with Gasteiger partial charge in [0.1, 0.15) is 0 Å². The average Bonchev–Trinajstić information content (AvgIpc) is 2.58. The number of rotatable bonds is 7. The molecule has 0 unspecified atom stereocenters. The van der Waals surface area contributed by atoms with E-state index < -0.39 is 17.9 Å². The van der Waals surface area contributed by atoms with Crippen LogP contribution in [0.1, 0.15) is 30.6 Å². The van der Waals surface area contributed by atoms with Gasteiger partial charge in [-0.15, -0.1) is 0 Å². The molecule has 24 heavy (non-hydrogen) atoms. The molecule has 0 aliphatic heterocycles. The molecule has 1 atom stereocenters. The number of esters is 1. The molecule has 0 saturated heterocycles. The summed E-state index contributed by atoms with van der Waals surface area (Å²) in [7, 11) is 2.68. The molecule has 1 rings (SSSR count). The summed E-state index contributed by atoms with van der Waals surface area (Å²) >= 11 is 0. The summed E-state index contributed by atoms with van der Waals surface area (Å²) < 4.78 is 15.1. The summed E-state index contributed by atoms with van der Waals surface area (Å²) in [6, 6.07) is 3.79. The number of amides is 3. The monoisotopic (exact) mass is 338 g/mol. The van der Waals surface area contributed by atoms with E-state index in [1.807, 2.05) is 13.8 Å². The van der Waals surface area contributed by atoms with Gasteiger partial charge in [-0.3, -0.25) is 10.1 Å². The van der Waals surface area contributed by atoms with Gasteiger partial charge in [0.2, 0.25) is 0 Å². The maximum absolute atomic E-state index is 11.7. The first kappa shape index (κ1) is 19.3. The van der Waals surface area contributed by atoms with Crippen molar-refractivity contribution in [2.45, 2.75) is 26.3 Å². The van der Waals surface area contributed by atoms with E-state index >= 15 is 0 Å². The van der Waals surface area contributed by atoms with E-state index in [0.717, 1.165) is 6.42 Å². The van der Waals surface area contributed by atoms with Crippen LogP contribution in [0.5, 0.6) is 11.5 Å². The van der Waals surface area contributed by atoms with Crippen LogP contribution in [-0.2, 0) is 9.53 Å². The molecular weight excluding hydrogens is 316 g/mol. The number of urea groups is 1. The molecule has 2 N–H and O–H groups in total. The maximum Gasteiger partial charge on any atom is 0.337 e. The molecule has 132 valence electrons. The van der Waals surface area contributed by atoms with E-state index in [-0.39, 0.29) is 24.1 Å². The number of carbonyl (C=O) groups excluding carboxylic acids is 3. The van der Waals surface area contributed by atoms with Crippen LogP contribution in [0.15, 0.2) is 18.2 Å². The normalized spacial score (nSPS) is 11.2. The Labute approximate surface area is 140 Å². The van der Waals surface area contributed by atoms with Gasteiger partial charge in [-0.25, -0.2) is 9.59 Å². The van der Waals surface area contributed by atoms with Crippen molar-refractivity contribution in [3.63, 3.8) is 0 Å². The molecule has 8 heteroatoms. The molecule has 0 aromatic heterocycles. The Bertz CT molecular complexity index is 602. The van der Waals surface area contributed by atoms with E-state index in [4.69, 9.17) is 9.47 Å². The molecule has 1 aromatic carbocycles. The van der Waals surface area contributed by atoms with E-state index in [0.29, 0.717) is 5.56 Å². The number of nitrogens with one attached hydrogen (secondary N) is 2. The van der Waals surface area contributed by atoms with E-state index in [9.17, 15) is 14.4 Å². The fraction of sp³-hybridized carbons (Fsp3) is 0.438. The molecule has 0 aliphatic rings. The number of benzene rings is 1. The van der Waals surface area contributed by atoms with Crippen molar-refractivity contribution in [1.29, 1.82) is 0 Å². The minimum atomic E-state index is -0.602. The quantitative estimate of drug-likeness (QED) is 0.730. The molecule has 0 heterocycles. The molecule has 8 nitrogen and oxygen atoms in total. The summed E-state index contributed by atoms with van der Waals surface area (Å²) in [5, 5.41) is 4.77. The van der Waals surface area contributed by atoms with E-state index in [1.54, 1.807) is 0 Å². The third kappa shape index (κ3) is 5.79. The van der Waals surface area contributed by atoms with Crippen LogP contribution in [0.2, 0.25) is 0 Å². The van der Waals surface area contributed by atoms with Crippen LogP contribution in [0, 0.1) is 0 Å². The number of methoxy groups -OCH3 is 2. The third-order valence-corrected chi connectivity index (χ3v) is 3.19. The van der Waals surface area contributed by atoms with Crippen molar-refractivity contribution in [1.82, 2.24) is 10.6 Å². The Morgan fingerprint density at radius 3 is 2.46 bits per heavy atom. The lowest BCUT2D eigenvalue weighted by molar-refractivity contribution is -0.122. The lowest BCUT2D eigenvalue weighted by atomic mass is 10.2. The molecular formula is C16H22N2O6. The summed E-state index contributed by atoms with van der Waals surface area (Å²) in [4.78, 5) is 34.7. The van der Waals surface area contributed by atoms with Crippen LogP contribution in [0.3, 0.4) is 0 Å². The topological polar surface area (TPSA) is 103 Å². The number of hydrogen-bond donors (Lipinski definition) is 2. The fourth-order valence-corrected chi connectivity index (χ4v) is 1.70. The Morgan fingerprint density at radius 1 is 1.17 bits per heavy atom. The average molecular weight is 338 g/mol. The smallest absolute Gasteiger partial charge is 0.337 e. The van der Waals surface area contributed by atoms with Crippen molar-refractivity contribution < 1.29 is 28.6 Å². The lowest BCUT2D eigenvalue weighted by Gasteiger charge is -2.13. The number of hydrogen-bond acceptors (Lipinski definition) is 6. The van der Waals surface area contributed by atoms with Crippen LogP contribution in [0.25, 0.3) is 0 Å². The predicted octanol–water partition coefficient (Wildman–Crippen LogP) is 1.48. The Hall–Kier alpha value is -2.77. The zero-order valence-electron chi connectivity index (χ0n) is 14.2. The zero-order chi connectivity index (χ0) is 18.1. The SMILES string of the molecule is CC[C@@H](C)NC(=O)NC(=O)COc1ccc(C(=O)OC)cc1OC. The van der Waals surface area contributed by atoms with E-state index in [1.165, 1.54) is 32.4 Å². The highest BCUT2D eigenvalue weighted by molar-refractivity contribution is 5.95. The lowest BCUT2D eigenvalue weighted by Crippen LogP contribution is -2.44. The van der Waals surface area contributed by atoms with E-state index in [2.05, 4.69) is 15.4 Å². The predicted molar refractivity (Wildman–Crippen MR) is 86.3 cm³/mol. The minimum Gasteiger partial charge on any atom is -0.493 e. The highest BCUT2D eigenvalue weighted by Crippen LogP contribution is 2.28. The molecule has 0 radical (unpaired) electrons. The van der Waals surface area contributed by atoms with Gasteiger partial charge in [0, 0.05) is 6.04 Å². The van der Waals surface area contributed by atoms with Gasteiger partial charge in [0.05, 0.1) is 19.8 Å². The number of carbonyl (C=O) groups is 3. The largest absolute Gasteiger partial charge is 0.493 e. The van der Waals surface area contributed by atoms with Crippen LogP contribution >= 0.6 is 0 Å². The standard InChI is InChI=1S/C16H22N2O6/c1-5-10(2)17-16(21)18-14(19)9-24-12-7-6-11(15(20)23-4)8-13(12)22-3/h6-8,10H,5,9H2,1-4H3,(H2,17,18,19,21)/t10-/m1/s1. The van der Waals surface area contributed by atoms with Crippen LogP contribution in [0.4, 0.5) is 4.79 Å². The molecule has 0 saturated carbocycles. The molecule has 0 bridgehead atoms. The number of ether oxygens (including phenoxy) is 3. The summed E-state index contributed by atoms with van der Waals surface area (Å²) in [5.41, 5.74) is 0.291. The van der Waals surface area contributed by atoms with Gasteiger partial charge < -0.3 is 19.5 Å². The van der Waals surface area contributed by atoms with Crippen molar-refractivity contribution >= 4 is 17.9 Å². The highest BCUT2D eigenvalue weighted by Gasteiger charge is 2.14. The summed E-state index contributed by atoms with van der Waals surface area (Å²) in [6.07, 6.45) is 0.752. The molecule has 0 aliphatic carbocycles. The molecule has 1 aromatic rings. The van der Waals surface area contributed by atoms with Gasteiger partial charge in [-0.05, 0) is 31.5 Å². The molecule has 3 amide bonds. The fourth-order valence-electron chi connectivity index (χ4n) is 1.70. The minimum absolute atomic E-state index is 0.0373. The first-order valence-electron chi connectivity index (χ1n) is 7.40. The van der Waals surface area contributed by atoms with Gasteiger partial charge >= 0.3 is 12.0 Å². The first-order chi connectivity index (χ1) is 11.4. The summed E-state index contributed by atoms with van der Waals surface area (Å²) in [5.74, 6) is -0.577. The molecule has 0 spiro atoms. The Morgan fingerprint density at radius 2 is 1.88 bits per heavy atom. The van der Waals surface area contributed by atoms with Gasteiger partial charge in [0.25, 0.3) is 5.91 Å². The van der Waals surface area contributed by atoms with Crippen LogP contribution in [-0.4, -0.2) is 44.8 Å². The van der Waals surface area contributed by atoms with Gasteiger partial charge in [-0.1, -0.05) is 6.92 Å². The zero-order valence-corrected chi connectivity index (χ0v) is 14.2. The maximum atomic E-state index is 11.7. The highest BCUT2D eigenvalue weighted by atomic mass is 16.5. The van der Waals surface area contributed by atoms with Crippen molar-refractivity contribution in [3.05, 3.63) is 23.8 Å². The Balaban J connectivity index is 2.62. The van der Waals surface area contributed by atoms with Crippen molar-refractivity contribution in [2.75, 3.05) is 20.8 Å². The van der Waals surface area contributed by atoms with Gasteiger partial charge in [-0.2, -0.15) is 0 Å². The third-order valence-electron chi connectivity index (χ3n) is 3.19. The number of imide groups is 1. The second-order valence-corrected chi connectivity index (χ2v) is 4.98. The van der Waals surface area contributed by atoms with Crippen LogP contribution < -0.4 is 20.1 Å².